The molecule has 1 saturated carbocycles. The standard InChI is InChI=1S/C20H19NO3/c22-20-19(14-7-8-17-18(11-14)24-12-23-17)15-3-1-2-4-16(15)21(20)10-9-13-5-6-13/h1-4,7-8,11,13,19H,5-6,9-10,12H2. The molecule has 2 aromatic carbocycles. The molecule has 1 unspecified atom stereocenters. The van der Waals surface area contributed by atoms with Crippen molar-refractivity contribution in [2.24, 2.45) is 5.92 Å². The molecular weight excluding hydrogens is 302 g/mol. The van der Waals surface area contributed by atoms with Crippen molar-refractivity contribution in [1.82, 2.24) is 0 Å². The molecule has 1 fully saturated rings. The minimum Gasteiger partial charge on any atom is -0.454 e. The fourth-order valence-corrected chi connectivity index (χ4v) is 3.75. The van der Waals surface area contributed by atoms with Crippen molar-refractivity contribution in [3.63, 3.8) is 0 Å². The van der Waals surface area contributed by atoms with Crippen molar-refractivity contribution >= 4 is 11.6 Å². The summed E-state index contributed by atoms with van der Waals surface area (Å²) in [7, 11) is 0. The molecule has 0 aromatic heterocycles. The Morgan fingerprint density at radius 1 is 1.04 bits per heavy atom. The molecule has 0 bridgehead atoms. The fourth-order valence-electron chi connectivity index (χ4n) is 3.75. The predicted molar refractivity (Wildman–Crippen MR) is 90.5 cm³/mol. The number of fused-ring (bicyclic) bond motifs is 2. The molecule has 5 rings (SSSR count). The number of hydrogen-bond acceptors (Lipinski definition) is 3. The van der Waals surface area contributed by atoms with Crippen LogP contribution >= 0.6 is 0 Å². The number of para-hydroxylation sites is 1. The maximum atomic E-state index is 13.1. The minimum atomic E-state index is -0.241. The number of nitrogens with zero attached hydrogens (tertiary/aromatic N) is 1. The highest BCUT2D eigenvalue weighted by Gasteiger charge is 2.39. The summed E-state index contributed by atoms with van der Waals surface area (Å²) in [6.45, 7) is 1.07. The Hall–Kier alpha value is -2.49. The van der Waals surface area contributed by atoms with E-state index < -0.39 is 0 Å². The van der Waals surface area contributed by atoms with Crippen LogP contribution in [0.4, 0.5) is 5.69 Å². The highest BCUT2D eigenvalue weighted by atomic mass is 16.7. The molecule has 0 saturated heterocycles. The van der Waals surface area contributed by atoms with Gasteiger partial charge in [0, 0.05) is 12.2 Å². The van der Waals surface area contributed by atoms with E-state index in [0.717, 1.165) is 47.2 Å². The first kappa shape index (κ1) is 13.9. The molecule has 1 atom stereocenters. The van der Waals surface area contributed by atoms with E-state index in [4.69, 9.17) is 9.47 Å². The van der Waals surface area contributed by atoms with Gasteiger partial charge in [-0.15, -0.1) is 0 Å². The molecule has 1 amide bonds. The highest BCUT2D eigenvalue weighted by Crippen LogP contribution is 2.44. The van der Waals surface area contributed by atoms with Gasteiger partial charge in [-0.3, -0.25) is 4.79 Å². The van der Waals surface area contributed by atoms with Crippen LogP contribution < -0.4 is 14.4 Å². The van der Waals surface area contributed by atoms with Crippen LogP contribution in [0.5, 0.6) is 11.5 Å². The molecule has 0 N–H and O–H groups in total. The lowest BCUT2D eigenvalue weighted by Gasteiger charge is -2.18. The molecule has 2 aliphatic heterocycles. The molecule has 2 heterocycles. The number of rotatable bonds is 4. The zero-order chi connectivity index (χ0) is 16.1. The average Bonchev–Trinajstić information content (AvgIpc) is 3.23. The summed E-state index contributed by atoms with van der Waals surface area (Å²) in [4.78, 5) is 15.1. The van der Waals surface area contributed by atoms with Gasteiger partial charge in [0.25, 0.3) is 0 Å². The number of carbonyl (C=O) groups excluding carboxylic acids is 1. The zero-order valence-electron chi connectivity index (χ0n) is 13.4. The predicted octanol–water partition coefficient (Wildman–Crippen LogP) is 3.69. The second-order valence-electron chi connectivity index (χ2n) is 6.83. The largest absolute Gasteiger partial charge is 0.454 e. The molecule has 4 heteroatoms. The number of ether oxygens (including phenoxy) is 2. The number of carbonyl (C=O) groups is 1. The second kappa shape index (κ2) is 5.26. The Morgan fingerprint density at radius 2 is 1.88 bits per heavy atom. The Bertz CT molecular complexity index is 812. The first-order chi connectivity index (χ1) is 11.8. The second-order valence-corrected chi connectivity index (χ2v) is 6.83. The van der Waals surface area contributed by atoms with Gasteiger partial charge in [0.1, 0.15) is 0 Å². The Morgan fingerprint density at radius 3 is 2.75 bits per heavy atom. The zero-order valence-corrected chi connectivity index (χ0v) is 13.4. The average molecular weight is 321 g/mol. The quantitative estimate of drug-likeness (QED) is 0.862. The minimum absolute atomic E-state index is 0.177. The topological polar surface area (TPSA) is 38.8 Å². The highest BCUT2D eigenvalue weighted by molar-refractivity contribution is 6.07. The van der Waals surface area contributed by atoms with Gasteiger partial charge in [0.05, 0.1) is 5.92 Å². The molecule has 1 aliphatic carbocycles. The smallest absolute Gasteiger partial charge is 0.239 e. The SMILES string of the molecule is O=C1C(c2ccc3c(c2)OCO3)c2ccccc2N1CCC1CC1. The molecule has 0 radical (unpaired) electrons. The maximum absolute atomic E-state index is 13.1. The van der Waals surface area contributed by atoms with Crippen molar-refractivity contribution in [2.75, 3.05) is 18.2 Å². The molecular formula is C20H19NO3. The third kappa shape index (κ3) is 2.17. The van der Waals surface area contributed by atoms with Crippen LogP contribution in [0.15, 0.2) is 42.5 Å². The van der Waals surface area contributed by atoms with Crippen LogP contribution in [-0.2, 0) is 4.79 Å². The van der Waals surface area contributed by atoms with E-state index in [1.165, 1.54) is 12.8 Å². The van der Waals surface area contributed by atoms with Crippen LogP contribution in [0.1, 0.15) is 36.3 Å². The van der Waals surface area contributed by atoms with Gasteiger partial charge >= 0.3 is 0 Å². The van der Waals surface area contributed by atoms with E-state index in [0.29, 0.717) is 0 Å². The van der Waals surface area contributed by atoms with Crippen molar-refractivity contribution < 1.29 is 14.3 Å². The Labute approximate surface area is 141 Å². The Balaban J connectivity index is 1.52. The van der Waals surface area contributed by atoms with Crippen LogP contribution in [-0.4, -0.2) is 19.2 Å². The lowest BCUT2D eigenvalue weighted by molar-refractivity contribution is -0.118. The number of hydrogen-bond donors (Lipinski definition) is 0. The summed E-state index contributed by atoms with van der Waals surface area (Å²) in [5.74, 6) is 2.23. The summed E-state index contributed by atoms with van der Waals surface area (Å²) < 4.78 is 10.9. The van der Waals surface area contributed by atoms with Crippen LogP contribution in [0.2, 0.25) is 0 Å². The number of anilines is 1. The van der Waals surface area contributed by atoms with Crippen LogP contribution in [0.25, 0.3) is 0 Å². The fraction of sp³-hybridized carbons (Fsp3) is 0.350. The number of benzene rings is 2. The summed E-state index contributed by atoms with van der Waals surface area (Å²) >= 11 is 0. The maximum Gasteiger partial charge on any atom is 0.239 e. The van der Waals surface area contributed by atoms with Gasteiger partial charge in [-0.05, 0) is 41.7 Å². The number of amides is 1. The van der Waals surface area contributed by atoms with Gasteiger partial charge in [0.2, 0.25) is 12.7 Å². The Kier molecular flexibility index (Phi) is 3.05. The monoisotopic (exact) mass is 321 g/mol. The summed E-state index contributed by atoms with van der Waals surface area (Å²) in [6, 6.07) is 14.0. The molecule has 2 aromatic rings. The van der Waals surface area contributed by atoms with E-state index in [1.807, 2.05) is 35.2 Å². The van der Waals surface area contributed by atoms with Gasteiger partial charge in [-0.25, -0.2) is 0 Å². The van der Waals surface area contributed by atoms with Crippen molar-refractivity contribution in [1.29, 1.82) is 0 Å². The van der Waals surface area contributed by atoms with E-state index in [9.17, 15) is 4.79 Å². The van der Waals surface area contributed by atoms with Gasteiger partial charge < -0.3 is 14.4 Å². The van der Waals surface area contributed by atoms with Gasteiger partial charge in [-0.1, -0.05) is 37.1 Å². The molecule has 122 valence electrons. The molecule has 4 nitrogen and oxygen atoms in total. The van der Waals surface area contributed by atoms with E-state index in [2.05, 4.69) is 12.1 Å². The summed E-state index contributed by atoms with van der Waals surface area (Å²) in [6.07, 6.45) is 3.73. The third-order valence-corrected chi connectivity index (χ3v) is 5.24. The van der Waals surface area contributed by atoms with Gasteiger partial charge in [-0.2, -0.15) is 0 Å². The molecule has 0 spiro atoms. The first-order valence-corrected chi connectivity index (χ1v) is 8.61. The lowest BCUT2D eigenvalue weighted by Crippen LogP contribution is -2.30. The van der Waals surface area contributed by atoms with Crippen LogP contribution in [0.3, 0.4) is 0 Å². The van der Waals surface area contributed by atoms with E-state index in [-0.39, 0.29) is 18.6 Å². The van der Waals surface area contributed by atoms with Gasteiger partial charge in [0.15, 0.2) is 11.5 Å². The van der Waals surface area contributed by atoms with Crippen LogP contribution in [0, 0.1) is 5.92 Å². The third-order valence-electron chi connectivity index (χ3n) is 5.24. The van der Waals surface area contributed by atoms with Crippen molar-refractivity contribution in [2.45, 2.75) is 25.2 Å². The molecule has 24 heavy (non-hydrogen) atoms. The lowest BCUT2D eigenvalue weighted by atomic mass is 9.92. The van der Waals surface area contributed by atoms with Crippen molar-refractivity contribution in [3.8, 4) is 11.5 Å². The first-order valence-electron chi connectivity index (χ1n) is 8.61. The van der Waals surface area contributed by atoms with E-state index >= 15 is 0 Å². The van der Waals surface area contributed by atoms with Crippen molar-refractivity contribution in [3.05, 3.63) is 53.6 Å². The normalized spacial score (nSPS) is 21.2. The summed E-state index contributed by atoms with van der Waals surface area (Å²) in [5.41, 5.74) is 3.13. The molecule has 3 aliphatic rings. The summed E-state index contributed by atoms with van der Waals surface area (Å²) in [5, 5.41) is 0. The van der Waals surface area contributed by atoms with E-state index in [1.54, 1.807) is 0 Å².